The molecule has 4 atom stereocenters. The third kappa shape index (κ3) is 14.4. The van der Waals surface area contributed by atoms with E-state index in [2.05, 4.69) is 45.8 Å². The Morgan fingerprint density at radius 3 is 2.11 bits per heavy atom. The van der Waals surface area contributed by atoms with Crippen LogP contribution in [0.5, 0.6) is 0 Å². The van der Waals surface area contributed by atoms with Crippen LogP contribution in [0, 0.1) is 0 Å². The highest BCUT2D eigenvalue weighted by molar-refractivity contribution is 7.80. The van der Waals surface area contributed by atoms with E-state index in [4.69, 9.17) is 5.73 Å². The second-order valence-electron chi connectivity index (χ2n) is 11.5. The standard InChI is InChI=1S/C32H48N6O7S/c1-3-4-5-6-7-8-9-14-28(40)36-22(15-21-19-34-24-13-11-10-12-23(21)24)16-29(41)37-25(17-27(33)39)32(45)38-26(18-30(42)43)31(44)35-20(2)46/h10-13,19-20,22,25-26,34,46H,3-9,14-18H2,1-2H3,(H2,33,39)(H,35,44)(H,36,40)(H,37,41)(H,38,45)(H,42,43). The molecule has 1 aromatic carbocycles. The lowest BCUT2D eigenvalue weighted by molar-refractivity contribution is -0.141. The van der Waals surface area contributed by atoms with E-state index in [1.54, 1.807) is 0 Å². The van der Waals surface area contributed by atoms with Crippen LogP contribution in [-0.4, -0.2) is 69.1 Å². The molecular weight excluding hydrogens is 612 g/mol. The number of carbonyl (C=O) groups is 6. The summed E-state index contributed by atoms with van der Waals surface area (Å²) in [6, 6.07) is 4.02. The van der Waals surface area contributed by atoms with Crippen molar-refractivity contribution in [1.29, 1.82) is 0 Å². The predicted octanol–water partition coefficient (Wildman–Crippen LogP) is 2.44. The second-order valence-corrected chi connectivity index (χ2v) is 12.3. The molecule has 8 N–H and O–H groups in total. The van der Waals surface area contributed by atoms with E-state index in [1.165, 1.54) is 26.2 Å². The molecule has 2 aromatic rings. The summed E-state index contributed by atoms with van der Waals surface area (Å²) in [6.07, 6.45) is 8.28. The first kappa shape index (κ1) is 38.1. The number of fused-ring (bicyclic) bond motifs is 1. The molecule has 4 unspecified atom stereocenters. The number of para-hydroxylation sites is 1. The Kier molecular flexibility index (Phi) is 16.7. The molecule has 0 saturated heterocycles. The lowest BCUT2D eigenvalue weighted by atomic mass is 10.0. The van der Waals surface area contributed by atoms with Crippen LogP contribution in [0.4, 0.5) is 0 Å². The smallest absolute Gasteiger partial charge is 0.305 e. The van der Waals surface area contributed by atoms with Crippen molar-refractivity contribution < 1.29 is 33.9 Å². The van der Waals surface area contributed by atoms with Gasteiger partial charge in [-0.1, -0.05) is 63.6 Å². The Morgan fingerprint density at radius 2 is 1.46 bits per heavy atom. The summed E-state index contributed by atoms with van der Waals surface area (Å²) in [6.45, 7) is 3.70. The number of H-pyrrole nitrogens is 1. The van der Waals surface area contributed by atoms with Crippen molar-refractivity contribution in [1.82, 2.24) is 26.3 Å². The van der Waals surface area contributed by atoms with Gasteiger partial charge in [-0.05, 0) is 31.4 Å². The predicted molar refractivity (Wildman–Crippen MR) is 178 cm³/mol. The number of nitrogens with two attached hydrogens (primary N) is 1. The number of benzene rings is 1. The number of carboxylic acids is 1. The van der Waals surface area contributed by atoms with Gasteiger partial charge < -0.3 is 37.1 Å². The molecule has 0 spiro atoms. The SMILES string of the molecule is CCCCCCCCCC(=O)NC(CC(=O)NC(CC(N)=O)C(=O)NC(CC(=O)O)C(=O)NC(C)S)Cc1c[nH]c2ccccc12. The number of amides is 5. The van der Waals surface area contributed by atoms with Crippen LogP contribution in [0.2, 0.25) is 0 Å². The number of aromatic amines is 1. The molecule has 254 valence electrons. The second kappa shape index (κ2) is 20.1. The van der Waals surface area contributed by atoms with Gasteiger partial charge in [-0.2, -0.15) is 12.6 Å². The minimum atomic E-state index is -1.49. The maximum atomic E-state index is 13.3. The molecule has 2 rings (SSSR count). The van der Waals surface area contributed by atoms with Crippen molar-refractivity contribution in [2.45, 2.75) is 114 Å². The molecule has 46 heavy (non-hydrogen) atoms. The van der Waals surface area contributed by atoms with Crippen LogP contribution in [-0.2, 0) is 35.2 Å². The summed E-state index contributed by atoms with van der Waals surface area (Å²) in [7, 11) is 0. The maximum Gasteiger partial charge on any atom is 0.305 e. The number of rotatable bonds is 22. The molecule has 14 heteroatoms. The minimum absolute atomic E-state index is 0.196. The average Bonchev–Trinajstić information content (AvgIpc) is 3.37. The van der Waals surface area contributed by atoms with Crippen molar-refractivity contribution in [2.75, 3.05) is 0 Å². The lowest BCUT2D eigenvalue weighted by Gasteiger charge is -2.24. The first-order valence-corrected chi connectivity index (χ1v) is 16.3. The summed E-state index contributed by atoms with van der Waals surface area (Å²) < 4.78 is 0. The van der Waals surface area contributed by atoms with Crippen molar-refractivity contribution >= 4 is 59.0 Å². The van der Waals surface area contributed by atoms with E-state index >= 15 is 0 Å². The Balaban J connectivity index is 2.14. The highest BCUT2D eigenvalue weighted by Crippen LogP contribution is 2.20. The molecule has 1 aromatic heterocycles. The highest BCUT2D eigenvalue weighted by Gasteiger charge is 2.30. The first-order chi connectivity index (χ1) is 21.9. The fraction of sp³-hybridized carbons (Fsp3) is 0.562. The van der Waals surface area contributed by atoms with Gasteiger partial charge >= 0.3 is 5.97 Å². The van der Waals surface area contributed by atoms with Gasteiger partial charge in [0.2, 0.25) is 29.5 Å². The molecule has 0 fully saturated rings. The van der Waals surface area contributed by atoms with Crippen LogP contribution < -0.4 is 27.0 Å². The molecule has 0 radical (unpaired) electrons. The Bertz CT molecular complexity index is 1330. The Labute approximate surface area is 275 Å². The van der Waals surface area contributed by atoms with E-state index in [9.17, 15) is 33.9 Å². The molecule has 0 aliphatic heterocycles. The first-order valence-electron chi connectivity index (χ1n) is 15.8. The van der Waals surface area contributed by atoms with Crippen LogP contribution >= 0.6 is 12.6 Å². The molecule has 0 bridgehead atoms. The summed E-state index contributed by atoms with van der Waals surface area (Å²) >= 11 is 4.05. The van der Waals surface area contributed by atoms with Gasteiger partial charge in [0.25, 0.3) is 0 Å². The molecule has 0 saturated carbocycles. The molecule has 1 heterocycles. The molecule has 0 aliphatic carbocycles. The van der Waals surface area contributed by atoms with Crippen LogP contribution in [0.15, 0.2) is 30.5 Å². The number of carbonyl (C=O) groups excluding carboxylic acids is 5. The quantitative estimate of drug-likeness (QED) is 0.0536. The molecule has 0 aliphatic rings. The third-order valence-electron chi connectivity index (χ3n) is 7.37. The van der Waals surface area contributed by atoms with Gasteiger partial charge in [-0.3, -0.25) is 28.8 Å². The van der Waals surface area contributed by atoms with Crippen LogP contribution in [0.3, 0.4) is 0 Å². The molecule has 13 nitrogen and oxygen atoms in total. The van der Waals surface area contributed by atoms with Crippen molar-refractivity contribution in [2.24, 2.45) is 5.73 Å². The van der Waals surface area contributed by atoms with E-state index in [0.29, 0.717) is 12.8 Å². The number of hydrogen-bond acceptors (Lipinski definition) is 7. The zero-order valence-corrected chi connectivity index (χ0v) is 27.5. The summed E-state index contributed by atoms with van der Waals surface area (Å²) in [5.74, 6) is -4.86. The number of nitrogens with one attached hydrogen (secondary N) is 5. The summed E-state index contributed by atoms with van der Waals surface area (Å²) in [5, 5.41) is 19.7. The highest BCUT2D eigenvalue weighted by atomic mass is 32.1. The van der Waals surface area contributed by atoms with Gasteiger partial charge in [-0.15, -0.1) is 0 Å². The Hall–Kier alpha value is -4.07. The number of carboxylic acid groups (broad SMARTS) is 1. The van der Waals surface area contributed by atoms with Gasteiger partial charge in [-0.25, -0.2) is 0 Å². The fourth-order valence-electron chi connectivity index (χ4n) is 5.13. The zero-order chi connectivity index (χ0) is 34.1. The zero-order valence-electron chi connectivity index (χ0n) is 26.6. The van der Waals surface area contributed by atoms with Crippen molar-refractivity contribution in [3.8, 4) is 0 Å². The largest absolute Gasteiger partial charge is 0.481 e. The average molecular weight is 661 g/mol. The lowest BCUT2D eigenvalue weighted by Crippen LogP contribution is -2.56. The van der Waals surface area contributed by atoms with E-state index < -0.39 is 65.9 Å². The van der Waals surface area contributed by atoms with Gasteiger partial charge in [0, 0.05) is 36.0 Å². The fourth-order valence-corrected chi connectivity index (χ4v) is 5.26. The number of aromatic nitrogens is 1. The maximum absolute atomic E-state index is 13.3. The number of thiol groups is 1. The normalized spacial score (nSPS) is 13.6. The number of unbranched alkanes of at least 4 members (excludes halogenated alkanes) is 6. The Morgan fingerprint density at radius 1 is 0.826 bits per heavy atom. The van der Waals surface area contributed by atoms with E-state index in [-0.39, 0.29) is 12.3 Å². The number of primary amides is 1. The number of hydrogen-bond donors (Lipinski definition) is 8. The van der Waals surface area contributed by atoms with Gasteiger partial charge in [0.15, 0.2) is 0 Å². The van der Waals surface area contributed by atoms with E-state index in [0.717, 1.165) is 42.1 Å². The van der Waals surface area contributed by atoms with Crippen molar-refractivity contribution in [3.63, 3.8) is 0 Å². The number of aliphatic carboxylic acids is 1. The van der Waals surface area contributed by atoms with Crippen LogP contribution in [0.1, 0.15) is 90.0 Å². The topological polar surface area (TPSA) is 213 Å². The molecular formula is C32H48N6O7S. The van der Waals surface area contributed by atoms with E-state index in [1.807, 2.05) is 30.5 Å². The van der Waals surface area contributed by atoms with Crippen LogP contribution in [0.25, 0.3) is 10.9 Å². The third-order valence-corrected chi connectivity index (χ3v) is 7.49. The monoisotopic (exact) mass is 660 g/mol. The van der Waals surface area contributed by atoms with Gasteiger partial charge in [0.05, 0.1) is 18.2 Å². The minimum Gasteiger partial charge on any atom is -0.481 e. The van der Waals surface area contributed by atoms with Gasteiger partial charge in [0.1, 0.15) is 12.1 Å². The molecule has 5 amide bonds. The summed E-state index contributed by atoms with van der Waals surface area (Å²) in [4.78, 5) is 78.1. The van der Waals surface area contributed by atoms with Crippen molar-refractivity contribution in [3.05, 3.63) is 36.0 Å². The summed E-state index contributed by atoms with van der Waals surface area (Å²) in [5.41, 5.74) is 7.12.